The minimum Gasteiger partial charge on any atom is -0.508 e. The first-order chi connectivity index (χ1) is 11.5. The maximum Gasteiger partial charge on any atom is 0.340 e. The van der Waals surface area contributed by atoms with Crippen molar-refractivity contribution in [1.82, 2.24) is 4.57 Å². The predicted octanol–water partition coefficient (Wildman–Crippen LogP) is 5.05. The Labute approximate surface area is 144 Å². The highest BCUT2D eigenvalue weighted by molar-refractivity contribution is 6.06. The highest BCUT2D eigenvalue weighted by Gasteiger charge is 2.22. The summed E-state index contributed by atoms with van der Waals surface area (Å²) in [4.78, 5) is 12.4. The molecule has 1 aromatic heterocycles. The van der Waals surface area contributed by atoms with E-state index in [9.17, 15) is 9.90 Å². The monoisotopic (exact) mass is 331 g/mol. The number of carbonyl (C=O) groups is 1. The molecule has 1 heterocycles. The molecule has 0 amide bonds. The van der Waals surface area contributed by atoms with Gasteiger partial charge in [-0.15, -0.1) is 0 Å². The molecule has 2 aromatic rings. The number of esters is 1. The average Bonchev–Trinajstić information content (AvgIpc) is 2.82. The van der Waals surface area contributed by atoms with Crippen molar-refractivity contribution >= 4 is 16.9 Å². The van der Waals surface area contributed by atoms with Crippen molar-refractivity contribution in [2.75, 3.05) is 6.61 Å². The first kappa shape index (κ1) is 18.4. The second kappa shape index (κ2) is 8.22. The Bertz CT molecular complexity index is 702. The van der Waals surface area contributed by atoms with Crippen LogP contribution in [0.4, 0.5) is 0 Å². The maximum atomic E-state index is 12.4. The van der Waals surface area contributed by atoms with Crippen molar-refractivity contribution in [3.63, 3.8) is 0 Å². The lowest BCUT2D eigenvalue weighted by atomic mass is 9.99. The average molecular weight is 331 g/mol. The van der Waals surface area contributed by atoms with Gasteiger partial charge in [-0.05, 0) is 44.4 Å². The van der Waals surface area contributed by atoms with Crippen LogP contribution in [-0.4, -0.2) is 22.2 Å². The first-order valence-corrected chi connectivity index (χ1v) is 9.02. The van der Waals surface area contributed by atoms with E-state index in [2.05, 4.69) is 18.4 Å². The van der Waals surface area contributed by atoms with Gasteiger partial charge in [0.1, 0.15) is 5.75 Å². The third kappa shape index (κ3) is 3.74. The van der Waals surface area contributed by atoms with Crippen LogP contribution >= 0.6 is 0 Å². The zero-order valence-corrected chi connectivity index (χ0v) is 15.3. The molecule has 0 fully saturated rings. The highest BCUT2D eigenvalue weighted by atomic mass is 16.5. The summed E-state index contributed by atoms with van der Waals surface area (Å²) in [5, 5.41) is 10.6. The standard InChI is InChI=1S/C20H29NO3/c1-5-8-9-15(6-2)13-21-14(4)19(20(23)24-7-3)17-12-16(22)10-11-18(17)21/h10-12,15,22H,5-9,13H2,1-4H3/t15-/m0/s1. The predicted molar refractivity (Wildman–Crippen MR) is 97.6 cm³/mol. The van der Waals surface area contributed by atoms with Gasteiger partial charge in [-0.2, -0.15) is 0 Å². The Morgan fingerprint density at radius 2 is 2.04 bits per heavy atom. The second-order valence-corrected chi connectivity index (χ2v) is 6.41. The van der Waals surface area contributed by atoms with Crippen LogP contribution in [0.25, 0.3) is 10.9 Å². The molecule has 0 aliphatic carbocycles. The largest absolute Gasteiger partial charge is 0.508 e. The fourth-order valence-electron chi connectivity index (χ4n) is 3.34. The van der Waals surface area contributed by atoms with E-state index in [1.165, 1.54) is 19.3 Å². The second-order valence-electron chi connectivity index (χ2n) is 6.41. The number of nitrogens with zero attached hydrogens (tertiary/aromatic N) is 1. The van der Waals surface area contributed by atoms with Crippen molar-refractivity contribution in [1.29, 1.82) is 0 Å². The molecule has 24 heavy (non-hydrogen) atoms. The van der Waals surface area contributed by atoms with Crippen LogP contribution < -0.4 is 0 Å². The molecule has 0 spiro atoms. The molecule has 0 saturated carbocycles. The smallest absolute Gasteiger partial charge is 0.340 e. The summed E-state index contributed by atoms with van der Waals surface area (Å²) in [7, 11) is 0. The molecule has 0 radical (unpaired) electrons. The molecular formula is C20H29NO3. The Morgan fingerprint density at radius 1 is 1.29 bits per heavy atom. The Hall–Kier alpha value is -1.97. The SMILES string of the molecule is CCCC[C@H](CC)Cn1c(C)c(C(=O)OCC)c2cc(O)ccc21. The van der Waals surface area contributed by atoms with E-state index >= 15 is 0 Å². The molecule has 1 N–H and O–H groups in total. The number of carbonyl (C=O) groups excluding carboxylic acids is 1. The van der Waals surface area contributed by atoms with Crippen molar-refractivity contribution in [2.24, 2.45) is 5.92 Å². The van der Waals surface area contributed by atoms with Gasteiger partial charge in [0.15, 0.2) is 0 Å². The molecule has 4 heteroatoms. The molecule has 132 valence electrons. The molecule has 0 unspecified atom stereocenters. The van der Waals surface area contributed by atoms with Gasteiger partial charge in [0.25, 0.3) is 0 Å². The van der Waals surface area contributed by atoms with Crippen molar-refractivity contribution in [2.45, 2.75) is 59.9 Å². The maximum absolute atomic E-state index is 12.4. The van der Waals surface area contributed by atoms with Crippen molar-refractivity contribution in [3.05, 3.63) is 29.5 Å². The van der Waals surface area contributed by atoms with Gasteiger partial charge in [-0.3, -0.25) is 0 Å². The molecule has 0 bridgehead atoms. The fourth-order valence-corrected chi connectivity index (χ4v) is 3.34. The zero-order valence-electron chi connectivity index (χ0n) is 15.3. The molecule has 2 rings (SSSR count). The van der Waals surface area contributed by atoms with Gasteiger partial charge in [-0.25, -0.2) is 4.79 Å². The molecule has 0 saturated heterocycles. The van der Waals surface area contributed by atoms with Crippen LogP contribution in [0.1, 0.15) is 62.5 Å². The molecule has 0 aliphatic heterocycles. The van der Waals surface area contributed by atoms with Gasteiger partial charge in [0.05, 0.1) is 12.2 Å². The van der Waals surface area contributed by atoms with Crippen LogP contribution in [0.5, 0.6) is 5.75 Å². The minimum atomic E-state index is -0.314. The van der Waals surface area contributed by atoms with E-state index in [1.807, 2.05) is 19.9 Å². The van der Waals surface area contributed by atoms with E-state index in [1.54, 1.807) is 12.1 Å². The topological polar surface area (TPSA) is 51.5 Å². The van der Waals surface area contributed by atoms with Crippen molar-refractivity contribution in [3.8, 4) is 5.75 Å². The summed E-state index contributed by atoms with van der Waals surface area (Å²) >= 11 is 0. The number of hydrogen-bond acceptors (Lipinski definition) is 3. The normalized spacial score (nSPS) is 12.5. The molecule has 0 aliphatic rings. The van der Waals surface area contributed by atoms with E-state index < -0.39 is 0 Å². The summed E-state index contributed by atoms with van der Waals surface area (Å²) in [6.45, 7) is 9.45. The lowest BCUT2D eigenvalue weighted by molar-refractivity contribution is 0.0527. The van der Waals surface area contributed by atoms with Crippen LogP contribution in [0.3, 0.4) is 0 Å². The van der Waals surface area contributed by atoms with Crippen LogP contribution in [-0.2, 0) is 11.3 Å². The molecular weight excluding hydrogens is 302 g/mol. The summed E-state index contributed by atoms with van der Waals surface area (Å²) in [5.74, 6) is 0.442. The first-order valence-electron chi connectivity index (χ1n) is 9.02. The number of aromatic hydroxyl groups is 1. The molecule has 1 atom stereocenters. The van der Waals surface area contributed by atoms with Crippen LogP contribution in [0, 0.1) is 12.8 Å². The van der Waals surface area contributed by atoms with E-state index in [0.717, 1.165) is 29.6 Å². The zero-order chi connectivity index (χ0) is 17.7. The fraction of sp³-hybridized carbons (Fsp3) is 0.550. The quantitative estimate of drug-likeness (QED) is 0.689. The Balaban J connectivity index is 2.49. The Morgan fingerprint density at radius 3 is 2.67 bits per heavy atom. The lowest BCUT2D eigenvalue weighted by Gasteiger charge is -2.18. The van der Waals surface area contributed by atoms with Gasteiger partial charge >= 0.3 is 5.97 Å². The number of rotatable bonds is 8. The van der Waals surface area contributed by atoms with E-state index in [0.29, 0.717) is 18.1 Å². The number of fused-ring (bicyclic) bond motifs is 1. The van der Waals surface area contributed by atoms with Crippen LogP contribution in [0.15, 0.2) is 18.2 Å². The van der Waals surface area contributed by atoms with Crippen LogP contribution in [0.2, 0.25) is 0 Å². The molecule has 1 aromatic carbocycles. The lowest BCUT2D eigenvalue weighted by Crippen LogP contribution is -2.13. The highest BCUT2D eigenvalue weighted by Crippen LogP contribution is 2.31. The summed E-state index contributed by atoms with van der Waals surface area (Å²) in [6.07, 6.45) is 4.73. The van der Waals surface area contributed by atoms with Gasteiger partial charge in [-0.1, -0.05) is 33.1 Å². The molecule has 4 nitrogen and oxygen atoms in total. The number of phenolic OH excluding ortho intramolecular Hbond substituents is 1. The number of aromatic nitrogens is 1. The number of hydrogen-bond donors (Lipinski definition) is 1. The summed E-state index contributed by atoms with van der Waals surface area (Å²) < 4.78 is 7.45. The minimum absolute atomic E-state index is 0.170. The van der Waals surface area contributed by atoms with Gasteiger partial charge < -0.3 is 14.4 Å². The van der Waals surface area contributed by atoms with Gasteiger partial charge in [0.2, 0.25) is 0 Å². The summed E-state index contributed by atoms with van der Waals surface area (Å²) in [6, 6.07) is 5.24. The van der Waals surface area contributed by atoms with Crippen molar-refractivity contribution < 1.29 is 14.6 Å². The third-order valence-electron chi connectivity index (χ3n) is 4.77. The van der Waals surface area contributed by atoms with Gasteiger partial charge in [0, 0.05) is 23.1 Å². The van der Waals surface area contributed by atoms with E-state index in [4.69, 9.17) is 4.74 Å². The third-order valence-corrected chi connectivity index (χ3v) is 4.77. The number of ether oxygens (including phenoxy) is 1. The Kier molecular flexibility index (Phi) is 6.29. The number of phenols is 1. The number of unbranched alkanes of at least 4 members (excludes halogenated alkanes) is 1. The number of benzene rings is 1. The van der Waals surface area contributed by atoms with E-state index in [-0.39, 0.29) is 11.7 Å². The summed E-state index contributed by atoms with van der Waals surface area (Å²) in [5.41, 5.74) is 2.49.